The molecule has 2 aromatic rings. The van der Waals surface area contributed by atoms with Crippen LogP contribution in [0.3, 0.4) is 0 Å². The summed E-state index contributed by atoms with van der Waals surface area (Å²) in [5.74, 6) is 0. The van der Waals surface area contributed by atoms with Crippen molar-refractivity contribution in [2.45, 2.75) is 6.92 Å². The second kappa shape index (κ2) is 3.47. The van der Waals surface area contributed by atoms with E-state index < -0.39 is 0 Å². The minimum absolute atomic E-state index is 0.0833. The lowest BCUT2D eigenvalue weighted by Crippen LogP contribution is -2.16. The zero-order valence-corrected chi connectivity index (χ0v) is 10.5. The van der Waals surface area contributed by atoms with Crippen molar-refractivity contribution < 1.29 is 0 Å². The molecular formula is C9H6Br2N2O. The molecule has 0 aliphatic heterocycles. The number of hydrogen-bond donors (Lipinski definition) is 0. The molecule has 0 amide bonds. The molecule has 5 heteroatoms. The minimum atomic E-state index is -0.0833. The Morgan fingerprint density at radius 2 is 2.14 bits per heavy atom. The fourth-order valence-electron chi connectivity index (χ4n) is 1.20. The summed E-state index contributed by atoms with van der Waals surface area (Å²) in [5, 5.41) is 0. The predicted molar refractivity (Wildman–Crippen MR) is 61.6 cm³/mol. The smallest absolute Gasteiger partial charge is 0.268 e. The van der Waals surface area contributed by atoms with Gasteiger partial charge in [0.1, 0.15) is 10.1 Å². The lowest BCUT2D eigenvalue weighted by Gasteiger charge is -2.03. The zero-order valence-electron chi connectivity index (χ0n) is 7.29. The van der Waals surface area contributed by atoms with Gasteiger partial charge in [0, 0.05) is 10.7 Å². The number of hydrogen-bond acceptors (Lipinski definition) is 2. The Morgan fingerprint density at radius 1 is 1.43 bits per heavy atom. The van der Waals surface area contributed by atoms with Gasteiger partial charge in [-0.2, -0.15) is 0 Å². The largest absolute Gasteiger partial charge is 0.272 e. The third-order valence-corrected chi connectivity index (χ3v) is 3.31. The van der Waals surface area contributed by atoms with E-state index in [1.54, 1.807) is 25.3 Å². The molecule has 0 bridgehead atoms. The van der Waals surface area contributed by atoms with Crippen molar-refractivity contribution >= 4 is 37.5 Å². The van der Waals surface area contributed by atoms with Crippen LogP contribution in [0.2, 0.25) is 0 Å². The van der Waals surface area contributed by atoms with Gasteiger partial charge in [-0.3, -0.25) is 9.20 Å². The van der Waals surface area contributed by atoms with Crippen molar-refractivity contribution in [1.29, 1.82) is 0 Å². The Kier molecular flexibility index (Phi) is 2.45. The predicted octanol–water partition coefficient (Wildman–Crippen LogP) is 2.53. The second-order valence-corrected chi connectivity index (χ2v) is 4.60. The van der Waals surface area contributed by atoms with Crippen molar-refractivity contribution in [1.82, 2.24) is 9.38 Å². The first kappa shape index (κ1) is 9.86. The molecule has 0 spiro atoms. The SMILES string of the molecule is Cc1nc2cc(Br)ccn2c(=O)c1Br. The van der Waals surface area contributed by atoms with Crippen molar-refractivity contribution in [2.75, 3.05) is 0 Å². The third kappa shape index (κ3) is 1.50. The number of pyridine rings is 1. The van der Waals surface area contributed by atoms with E-state index in [-0.39, 0.29) is 5.56 Å². The molecule has 0 saturated carbocycles. The summed E-state index contributed by atoms with van der Waals surface area (Å²) in [5.41, 5.74) is 1.26. The molecule has 14 heavy (non-hydrogen) atoms. The molecule has 2 heterocycles. The maximum atomic E-state index is 11.7. The highest BCUT2D eigenvalue weighted by Gasteiger charge is 2.05. The zero-order chi connectivity index (χ0) is 10.3. The van der Waals surface area contributed by atoms with E-state index in [9.17, 15) is 4.79 Å². The number of halogens is 2. The van der Waals surface area contributed by atoms with Gasteiger partial charge in [0.15, 0.2) is 0 Å². The van der Waals surface area contributed by atoms with Gasteiger partial charge in [0.25, 0.3) is 5.56 Å². The standard InChI is InChI=1S/C9H6Br2N2O/c1-5-8(11)9(14)13-3-2-6(10)4-7(13)12-5/h2-4H,1H3. The van der Waals surface area contributed by atoms with E-state index in [4.69, 9.17) is 0 Å². The first-order valence-electron chi connectivity index (χ1n) is 3.93. The Morgan fingerprint density at radius 3 is 2.86 bits per heavy atom. The summed E-state index contributed by atoms with van der Waals surface area (Å²) in [4.78, 5) is 16.0. The van der Waals surface area contributed by atoms with Gasteiger partial charge < -0.3 is 0 Å². The van der Waals surface area contributed by atoms with Crippen molar-refractivity contribution in [2.24, 2.45) is 0 Å². The maximum Gasteiger partial charge on any atom is 0.272 e. The molecule has 2 aromatic heterocycles. The van der Waals surface area contributed by atoms with Crippen LogP contribution in [0.1, 0.15) is 5.69 Å². The molecule has 0 N–H and O–H groups in total. The van der Waals surface area contributed by atoms with Crippen LogP contribution in [0, 0.1) is 6.92 Å². The van der Waals surface area contributed by atoms with Gasteiger partial charge in [-0.05, 0) is 35.0 Å². The quantitative estimate of drug-likeness (QED) is 0.748. The van der Waals surface area contributed by atoms with Crippen LogP contribution < -0.4 is 5.56 Å². The van der Waals surface area contributed by atoms with Gasteiger partial charge >= 0.3 is 0 Å². The first-order chi connectivity index (χ1) is 6.59. The molecule has 2 rings (SSSR count). The van der Waals surface area contributed by atoms with Crippen LogP contribution in [0.15, 0.2) is 32.1 Å². The normalized spacial score (nSPS) is 10.8. The lowest BCUT2D eigenvalue weighted by atomic mass is 10.4. The van der Waals surface area contributed by atoms with Crippen LogP contribution in [-0.4, -0.2) is 9.38 Å². The van der Waals surface area contributed by atoms with Gasteiger partial charge in [-0.25, -0.2) is 4.98 Å². The fourth-order valence-corrected chi connectivity index (χ4v) is 1.81. The monoisotopic (exact) mass is 316 g/mol. The fraction of sp³-hybridized carbons (Fsp3) is 0.111. The Labute approximate surface area is 97.0 Å². The molecular weight excluding hydrogens is 312 g/mol. The summed E-state index contributed by atoms with van der Waals surface area (Å²) in [7, 11) is 0. The molecule has 3 nitrogen and oxygen atoms in total. The van der Waals surface area contributed by atoms with E-state index in [1.807, 2.05) is 0 Å². The van der Waals surface area contributed by atoms with E-state index in [0.717, 1.165) is 4.47 Å². The van der Waals surface area contributed by atoms with Crippen LogP contribution in [0.5, 0.6) is 0 Å². The van der Waals surface area contributed by atoms with Crippen molar-refractivity contribution in [3.05, 3.63) is 43.3 Å². The topological polar surface area (TPSA) is 34.4 Å². The van der Waals surface area contributed by atoms with E-state index in [2.05, 4.69) is 36.8 Å². The summed E-state index contributed by atoms with van der Waals surface area (Å²) in [6.45, 7) is 1.80. The Balaban J connectivity index is 2.98. The van der Waals surface area contributed by atoms with E-state index in [1.165, 1.54) is 4.40 Å². The Bertz CT molecular complexity index is 562. The number of aromatic nitrogens is 2. The molecule has 0 radical (unpaired) electrons. The number of fused-ring (bicyclic) bond motifs is 1. The summed E-state index contributed by atoms with van der Waals surface area (Å²) < 4.78 is 2.92. The Hall–Kier alpha value is -0.680. The van der Waals surface area contributed by atoms with Gasteiger partial charge in [-0.1, -0.05) is 15.9 Å². The average molecular weight is 318 g/mol. The lowest BCUT2D eigenvalue weighted by molar-refractivity contribution is 0.998. The molecule has 0 saturated heterocycles. The van der Waals surface area contributed by atoms with Crippen molar-refractivity contribution in [3.8, 4) is 0 Å². The maximum absolute atomic E-state index is 11.7. The molecule has 72 valence electrons. The summed E-state index contributed by atoms with van der Waals surface area (Å²) in [6.07, 6.45) is 1.69. The van der Waals surface area contributed by atoms with Crippen LogP contribution in [0.25, 0.3) is 5.65 Å². The van der Waals surface area contributed by atoms with Crippen LogP contribution in [-0.2, 0) is 0 Å². The highest BCUT2D eigenvalue weighted by molar-refractivity contribution is 9.10. The molecule has 0 aromatic carbocycles. The molecule has 0 unspecified atom stereocenters. The average Bonchev–Trinajstić information content (AvgIpc) is 2.14. The highest BCUT2D eigenvalue weighted by Crippen LogP contribution is 2.13. The molecule has 0 atom stereocenters. The van der Waals surface area contributed by atoms with Crippen molar-refractivity contribution in [3.63, 3.8) is 0 Å². The van der Waals surface area contributed by atoms with Gasteiger partial charge in [0.05, 0.1) is 5.69 Å². The molecule has 0 aliphatic rings. The number of rotatable bonds is 0. The van der Waals surface area contributed by atoms with E-state index in [0.29, 0.717) is 15.8 Å². The number of aryl methyl sites for hydroxylation is 1. The van der Waals surface area contributed by atoms with Gasteiger partial charge in [-0.15, -0.1) is 0 Å². The highest BCUT2D eigenvalue weighted by atomic mass is 79.9. The summed E-state index contributed by atoms with van der Waals surface area (Å²) in [6, 6.07) is 3.61. The minimum Gasteiger partial charge on any atom is -0.268 e. The van der Waals surface area contributed by atoms with Crippen LogP contribution in [0.4, 0.5) is 0 Å². The first-order valence-corrected chi connectivity index (χ1v) is 5.52. The molecule has 0 aliphatic carbocycles. The molecule has 0 fully saturated rings. The van der Waals surface area contributed by atoms with Crippen LogP contribution >= 0.6 is 31.9 Å². The second-order valence-electron chi connectivity index (χ2n) is 2.89. The van der Waals surface area contributed by atoms with Gasteiger partial charge in [0.2, 0.25) is 0 Å². The number of nitrogens with zero attached hydrogens (tertiary/aromatic N) is 2. The third-order valence-electron chi connectivity index (χ3n) is 1.90. The van der Waals surface area contributed by atoms with E-state index >= 15 is 0 Å². The summed E-state index contributed by atoms with van der Waals surface area (Å²) >= 11 is 6.54.